The Morgan fingerprint density at radius 2 is 2.17 bits per heavy atom. The van der Waals surface area contributed by atoms with Crippen LogP contribution in [0.5, 0.6) is 0 Å². The molecule has 0 aliphatic carbocycles. The summed E-state index contributed by atoms with van der Waals surface area (Å²) in [5, 5.41) is 14.4. The van der Waals surface area contributed by atoms with Crippen LogP contribution >= 0.6 is 11.3 Å². The number of primary sulfonamides is 1. The van der Waals surface area contributed by atoms with E-state index in [4.69, 9.17) is 10.2 Å². The van der Waals surface area contributed by atoms with Crippen LogP contribution in [0.25, 0.3) is 0 Å². The van der Waals surface area contributed by atoms with Crippen LogP contribution in [0.2, 0.25) is 0 Å². The van der Waals surface area contributed by atoms with Crippen molar-refractivity contribution in [3.8, 4) is 0 Å². The molecule has 1 rings (SSSR count). The molecule has 0 spiro atoms. The van der Waals surface area contributed by atoms with Gasteiger partial charge in [0.1, 0.15) is 4.88 Å². The number of carboxylic acid groups (broad SMARTS) is 1. The van der Waals surface area contributed by atoms with E-state index in [0.29, 0.717) is 0 Å². The van der Waals surface area contributed by atoms with Crippen molar-refractivity contribution in [1.82, 2.24) is 0 Å². The maximum atomic E-state index is 10.7. The third-order valence-electron chi connectivity index (χ3n) is 1.11. The predicted molar refractivity (Wildman–Crippen MR) is 42.7 cm³/mol. The van der Waals surface area contributed by atoms with Crippen molar-refractivity contribution in [2.75, 3.05) is 0 Å². The van der Waals surface area contributed by atoms with Crippen LogP contribution in [-0.2, 0) is 10.0 Å². The molecule has 0 unspecified atom stereocenters. The molecule has 0 saturated carbocycles. The van der Waals surface area contributed by atoms with Crippen LogP contribution in [0.3, 0.4) is 0 Å². The van der Waals surface area contributed by atoms with Crippen molar-refractivity contribution in [3.63, 3.8) is 0 Å². The molecular formula is C5H5NO4S2. The summed E-state index contributed by atoms with van der Waals surface area (Å²) in [6, 6.07) is 1.03. The van der Waals surface area contributed by atoms with Gasteiger partial charge in [0.2, 0.25) is 10.0 Å². The summed E-state index contributed by atoms with van der Waals surface area (Å²) in [6.45, 7) is 0. The molecule has 12 heavy (non-hydrogen) atoms. The van der Waals surface area contributed by atoms with E-state index in [1.807, 2.05) is 0 Å². The minimum absolute atomic E-state index is 0.0426. The maximum absolute atomic E-state index is 10.7. The first-order valence-electron chi connectivity index (χ1n) is 2.76. The van der Waals surface area contributed by atoms with Crippen molar-refractivity contribution >= 4 is 27.3 Å². The topological polar surface area (TPSA) is 97.5 Å². The summed E-state index contributed by atoms with van der Waals surface area (Å²) >= 11 is 0.826. The first-order valence-corrected chi connectivity index (χ1v) is 5.18. The minimum Gasteiger partial charge on any atom is -0.477 e. The lowest BCUT2D eigenvalue weighted by Crippen LogP contribution is -2.10. The van der Waals surface area contributed by atoms with E-state index in [9.17, 15) is 13.2 Å². The third kappa shape index (κ3) is 1.81. The lowest BCUT2D eigenvalue weighted by atomic mass is 10.5. The van der Waals surface area contributed by atoms with Gasteiger partial charge in [-0.15, -0.1) is 11.3 Å². The van der Waals surface area contributed by atoms with Crippen LogP contribution in [0, 0.1) is 0 Å². The summed E-state index contributed by atoms with van der Waals surface area (Å²) < 4.78 is 21.3. The van der Waals surface area contributed by atoms with E-state index in [-0.39, 0.29) is 9.77 Å². The molecule has 7 heteroatoms. The zero-order valence-corrected chi connectivity index (χ0v) is 7.35. The van der Waals surface area contributed by atoms with Crippen molar-refractivity contribution in [3.05, 3.63) is 16.3 Å². The zero-order chi connectivity index (χ0) is 9.35. The van der Waals surface area contributed by atoms with E-state index in [1.54, 1.807) is 0 Å². The van der Waals surface area contributed by atoms with E-state index < -0.39 is 16.0 Å². The smallest absolute Gasteiger partial charge is 0.345 e. The molecule has 0 aliphatic heterocycles. The molecule has 0 aliphatic rings. The maximum Gasteiger partial charge on any atom is 0.345 e. The Labute approximate surface area is 72.5 Å². The van der Waals surface area contributed by atoms with Crippen molar-refractivity contribution in [2.45, 2.75) is 4.90 Å². The Kier molecular flexibility index (Phi) is 2.18. The number of carboxylic acids is 1. The number of thiophene rings is 1. The molecule has 0 aromatic carbocycles. The Morgan fingerprint density at radius 1 is 1.58 bits per heavy atom. The summed E-state index contributed by atoms with van der Waals surface area (Å²) in [4.78, 5) is 10.1. The second-order valence-corrected chi connectivity index (χ2v) is 4.47. The summed E-state index contributed by atoms with van der Waals surface area (Å²) in [5.41, 5.74) is 0. The number of aromatic carboxylic acids is 1. The van der Waals surface area contributed by atoms with Gasteiger partial charge in [-0.25, -0.2) is 18.4 Å². The molecule has 0 saturated heterocycles. The van der Waals surface area contributed by atoms with Gasteiger partial charge >= 0.3 is 5.97 Å². The highest BCUT2D eigenvalue weighted by molar-refractivity contribution is 7.89. The second-order valence-electron chi connectivity index (χ2n) is 2.00. The molecule has 1 aromatic rings. The zero-order valence-electron chi connectivity index (χ0n) is 5.72. The van der Waals surface area contributed by atoms with E-state index in [1.165, 1.54) is 5.38 Å². The minimum atomic E-state index is -3.77. The number of sulfonamides is 1. The molecule has 66 valence electrons. The molecule has 0 radical (unpaired) electrons. The largest absolute Gasteiger partial charge is 0.477 e. The van der Waals surface area contributed by atoms with Crippen molar-refractivity contribution in [1.29, 1.82) is 0 Å². The molecule has 0 fully saturated rings. The van der Waals surface area contributed by atoms with Crippen LogP contribution in [0.1, 0.15) is 9.67 Å². The highest BCUT2D eigenvalue weighted by Gasteiger charge is 2.13. The van der Waals surface area contributed by atoms with Gasteiger partial charge in [-0.05, 0) is 6.07 Å². The number of nitrogens with two attached hydrogens (primary N) is 1. The van der Waals surface area contributed by atoms with Gasteiger partial charge in [0, 0.05) is 5.38 Å². The predicted octanol–water partition coefficient (Wildman–Crippen LogP) is 0.0937. The first-order chi connectivity index (χ1) is 5.41. The normalized spacial score (nSPS) is 11.4. The molecule has 1 heterocycles. The second kappa shape index (κ2) is 2.85. The van der Waals surface area contributed by atoms with Gasteiger partial charge < -0.3 is 5.11 Å². The van der Waals surface area contributed by atoms with Crippen LogP contribution in [-0.4, -0.2) is 19.5 Å². The number of hydrogen-bond donors (Lipinski definition) is 2. The van der Waals surface area contributed by atoms with E-state index in [0.717, 1.165) is 17.4 Å². The van der Waals surface area contributed by atoms with Gasteiger partial charge in [-0.3, -0.25) is 0 Å². The quantitative estimate of drug-likeness (QED) is 0.718. The molecular weight excluding hydrogens is 202 g/mol. The van der Waals surface area contributed by atoms with Crippen LogP contribution < -0.4 is 5.14 Å². The van der Waals surface area contributed by atoms with Crippen molar-refractivity contribution in [2.24, 2.45) is 5.14 Å². The van der Waals surface area contributed by atoms with Crippen molar-refractivity contribution < 1.29 is 18.3 Å². The molecule has 0 bridgehead atoms. The molecule has 5 nitrogen and oxygen atoms in total. The fraction of sp³-hybridized carbons (Fsp3) is 0. The van der Waals surface area contributed by atoms with Crippen LogP contribution in [0.4, 0.5) is 0 Å². The highest BCUT2D eigenvalue weighted by atomic mass is 32.2. The average Bonchev–Trinajstić information content (AvgIpc) is 2.30. The van der Waals surface area contributed by atoms with Gasteiger partial charge in [0.05, 0.1) is 4.90 Å². The monoisotopic (exact) mass is 207 g/mol. The molecule has 0 atom stereocenters. The van der Waals surface area contributed by atoms with Gasteiger partial charge in [0.15, 0.2) is 0 Å². The number of hydrogen-bond acceptors (Lipinski definition) is 4. The molecule has 0 amide bonds. The summed E-state index contributed by atoms with van der Waals surface area (Å²) in [7, 11) is -3.77. The highest BCUT2D eigenvalue weighted by Crippen LogP contribution is 2.17. The number of carbonyl (C=O) groups is 1. The van der Waals surface area contributed by atoms with Gasteiger partial charge in [-0.2, -0.15) is 0 Å². The third-order valence-corrected chi connectivity index (χ3v) is 3.07. The standard InChI is InChI=1S/C5H5NO4S2/c6-12(9,10)3-1-4(5(7)8)11-2-3/h1-2H,(H,7,8)(H2,6,9,10). The molecule has 1 aromatic heterocycles. The number of rotatable bonds is 2. The average molecular weight is 207 g/mol. The lowest BCUT2D eigenvalue weighted by Gasteiger charge is -1.88. The fourth-order valence-corrected chi connectivity index (χ4v) is 2.22. The SMILES string of the molecule is NS(=O)(=O)c1csc(C(=O)O)c1. The van der Waals surface area contributed by atoms with E-state index >= 15 is 0 Å². The van der Waals surface area contributed by atoms with Crippen LogP contribution in [0.15, 0.2) is 16.3 Å². The van der Waals surface area contributed by atoms with Gasteiger partial charge in [-0.1, -0.05) is 0 Å². The first kappa shape index (κ1) is 9.17. The Bertz CT molecular complexity index is 405. The Hall–Kier alpha value is -0.920. The fourth-order valence-electron chi connectivity index (χ4n) is 0.580. The Balaban J connectivity index is 3.17. The summed E-state index contributed by atoms with van der Waals surface area (Å²) in [6.07, 6.45) is 0. The molecule has 3 N–H and O–H groups in total. The van der Waals surface area contributed by atoms with E-state index in [2.05, 4.69) is 0 Å². The van der Waals surface area contributed by atoms with Gasteiger partial charge in [0.25, 0.3) is 0 Å². The lowest BCUT2D eigenvalue weighted by molar-refractivity contribution is 0.0702. The Morgan fingerprint density at radius 3 is 2.42 bits per heavy atom. The summed E-state index contributed by atoms with van der Waals surface area (Å²) in [5.74, 6) is -1.16.